The lowest BCUT2D eigenvalue weighted by Crippen LogP contribution is -1.92. The third-order valence-electron chi connectivity index (χ3n) is 2.62. The van der Waals surface area contributed by atoms with Crippen molar-refractivity contribution in [2.45, 2.75) is 33.0 Å². The van der Waals surface area contributed by atoms with Crippen LogP contribution in [-0.4, -0.2) is 0 Å². The standard InChI is InChI=1S/C15H18O2/c1-12(2)15-8-14(11-17-15)10-16-9-13-6-4-3-5-7-13/h3-8,11-12H,9-10H2,1-2H3. The second-order valence-corrected chi connectivity index (χ2v) is 4.49. The van der Waals surface area contributed by atoms with E-state index in [-0.39, 0.29) is 0 Å². The van der Waals surface area contributed by atoms with E-state index in [9.17, 15) is 0 Å². The Kier molecular flexibility index (Phi) is 3.99. The predicted octanol–water partition coefficient (Wildman–Crippen LogP) is 4.12. The largest absolute Gasteiger partial charge is 0.469 e. The molecule has 90 valence electrons. The Hall–Kier alpha value is -1.54. The van der Waals surface area contributed by atoms with Gasteiger partial charge in [0.05, 0.1) is 19.5 Å². The molecule has 0 radical (unpaired) electrons. The van der Waals surface area contributed by atoms with E-state index in [2.05, 4.69) is 32.0 Å². The van der Waals surface area contributed by atoms with Crippen LogP contribution in [0.5, 0.6) is 0 Å². The highest BCUT2D eigenvalue weighted by Gasteiger charge is 2.05. The molecule has 0 saturated heterocycles. The van der Waals surface area contributed by atoms with E-state index in [0.717, 1.165) is 11.3 Å². The molecule has 0 spiro atoms. The van der Waals surface area contributed by atoms with Crippen LogP contribution >= 0.6 is 0 Å². The molecule has 0 N–H and O–H groups in total. The lowest BCUT2D eigenvalue weighted by molar-refractivity contribution is 0.107. The fraction of sp³-hybridized carbons (Fsp3) is 0.333. The van der Waals surface area contributed by atoms with Gasteiger partial charge in [-0.3, -0.25) is 0 Å². The molecule has 1 heterocycles. The second-order valence-electron chi connectivity index (χ2n) is 4.49. The molecule has 0 aliphatic carbocycles. The monoisotopic (exact) mass is 230 g/mol. The second kappa shape index (κ2) is 5.69. The van der Waals surface area contributed by atoms with Gasteiger partial charge >= 0.3 is 0 Å². The first-order valence-electron chi connectivity index (χ1n) is 5.94. The summed E-state index contributed by atoms with van der Waals surface area (Å²) in [5.41, 5.74) is 2.30. The zero-order valence-corrected chi connectivity index (χ0v) is 10.3. The van der Waals surface area contributed by atoms with Crippen LogP contribution < -0.4 is 0 Å². The zero-order chi connectivity index (χ0) is 12.1. The SMILES string of the molecule is CC(C)c1cc(COCc2ccccc2)co1. The third kappa shape index (κ3) is 3.46. The average Bonchev–Trinajstić information content (AvgIpc) is 2.79. The summed E-state index contributed by atoms with van der Waals surface area (Å²) in [4.78, 5) is 0. The minimum atomic E-state index is 0.429. The van der Waals surface area contributed by atoms with Crippen molar-refractivity contribution in [3.63, 3.8) is 0 Å². The minimum Gasteiger partial charge on any atom is -0.469 e. The highest BCUT2D eigenvalue weighted by Crippen LogP contribution is 2.18. The Morgan fingerprint density at radius 1 is 1.06 bits per heavy atom. The van der Waals surface area contributed by atoms with Crippen molar-refractivity contribution in [2.24, 2.45) is 0 Å². The Labute approximate surface area is 102 Å². The van der Waals surface area contributed by atoms with Gasteiger partial charge in [-0.25, -0.2) is 0 Å². The van der Waals surface area contributed by atoms with E-state index in [1.807, 2.05) is 18.2 Å². The molecule has 0 atom stereocenters. The number of furan rings is 1. The Balaban J connectivity index is 1.82. The van der Waals surface area contributed by atoms with Crippen LogP contribution in [0.1, 0.15) is 36.7 Å². The molecule has 0 amide bonds. The molecule has 1 aromatic carbocycles. The summed E-state index contributed by atoms with van der Waals surface area (Å²) in [6.07, 6.45) is 1.78. The van der Waals surface area contributed by atoms with Crippen molar-refractivity contribution in [3.05, 3.63) is 59.5 Å². The molecule has 0 aliphatic rings. The van der Waals surface area contributed by atoms with Gasteiger partial charge < -0.3 is 9.15 Å². The average molecular weight is 230 g/mol. The molecule has 1 aromatic heterocycles. The first-order chi connectivity index (χ1) is 8.25. The maximum atomic E-state index is 5.64. The van der Waals surface area contributed by atoms with Crippen molar-refractivity contribution < 1.29 is 9.15 Å². The maximum Gasteiger partial charge on any atom is 0.106 e. The number of rotatable bonds is 5. The Morgan fingerprint density at radius 3 is 2.41 bits per heavy atom. The topological polar surface area (TPSA) is 22.4 Å². The summed E-state index contributed by atoms with van der Waals surface area (Å²) in [5, 5.41) is 0. The smallest absolute Gasteiger partial charge is 0.106 e. The normalized spacial score (nSPS) is 11.0. The summed E-state index contributed by atoms with van der Waals surface area (Å²) in [5.74, 6) is 1.45. The molecular weight excluding hydrogens is 212 g/mol. The van der Waals surface area contributed by atoms with E-state index < -0.39 is 0 Å². The van der Waals surface area contributed by atoms with E-state index in [1.165, 1.54) is 5.56 Å². The summed E-state index contributed by atoms with van der Waals surface area (Å²) in [6.45, 7) is 5.48. The molecule has 17 heavy (non-hydrogen) atoms. The summed E-state index contributed by atoms with van der Waals surface area (Å²) < 4.78 is 11.1. The summed E-state index contributed by atoms with van der Waals surface area (Å²) in [7, 11) is 0. The van der Waals surface area contributed by atoms with Gasteiger partial charge in [-0.15, -0.1) is 0 Å². The van der Waals surface area contributed by atoms with Crippen LogP contribution in [0.15, 0.2) is 47.1 Å². The lowest BCUT2D eigenvalue weighted by atomic mass is 10.1. The molecule has 0 saturated carbocycles. The number of ether oxygens (including phenoxy) is 1. The molecule has 0 bridgehead atoms. The number of benzene rings is 1. The predicted molar refractivity (Wildman–Crippen MR) is 67.7 cm³/mol. The fourth-order valence-electron chi connectivity index (χ4n) is 1.63. The summed E-state index contributed by atoms with van der Waals surface area (Å²) in [6, 6.07) is 12.2. The van der Waals surface area contributed by atoms with Crippen molar-refractivity contribution in [1.29, 1.82) is 0 Å². The molecule has 0 fully saturated rings. The van der Waals surface area contributed by atoms with Crippen LogP contribution in [0.25, 0.3) is 0 Å². The molecule has 2 rings (SSSR count). The van der Waals surface area contributed by atoms with E-state index in [4.69, 9.17) is 9.15 Å². The van der Waals surface area contributed by atoms with Gasteiger partial charge in [-0.1, -0.05) is 44.2 Å². The van der Waals surface area contributed by atoms with Gasteiger partial charge in [-0.05, 0) is 11.6 Å². The molecule has 2 nitrogen and oxygen atoms in total. The van der Waals surface area contributed by atoms with Gasteiger partial charge in [0, 0.05) is 11.5 Å². The van der Waals surface area contributed by atoms with Crippen LogP contribution in [0, 0.1) is 0 Å². The van der Waals surface area contributed by atoms with Gasteiger partial charge in [0.1, 0.15) is 5.76 Å². The van der Waals surface area contributed by atoms with Crippen LogP contribution in [-0.2, 0) is 18.0 Å². The molecule has 0 unspecified atom stereocenters. The third-order valence-corrected chi connectivity index (χ3v) is 2.62. The van der Waals surface area contributed by atoms with Crippen molar-refractivity contribution in [1.82, 2.24) is 0 Å². The minimum absolute atomic E-state index is 0.429. The van der Waals surface area contributed by atoms with Gasteiger partial charge in [0.25, 0.3) is 0 Å². The van der Waals surface area contributed by atoms with E-state index >= 15 is 0 Å². The number of hydrogen-bond donors (Lipinski definition) is 0. The van der Waals surface area contributed by atoms with Crippen molar-refractivity contribution in [2.75, 3.05) is 0 Å². The lowest BCUT2D eigenvalue weighted by Gasteiger charge is -2.02. The van der Waals surface area contributed by atoms with Crippen molar-refractivity contribution in [3.8, 4) is 0 Å². The van der Waals surface area contributed by atoms with Crippen LogP contribution in [0.2, 0.25) is 0 Å². The number of hydrogen-bond acceptors (Lipinski definition) is 2. The van der Waals surface area contributed by atoms with Crippen LogP contribution in [0.3, 0.4) is 0 Å². The van der Waals surface area contributed by atoms with Gasteiger partial charge in [-0.2, -0.15) is 0 Å². The van der Waals surface area contributed by atoms with Gasteiger partial charge in [0.15, 0.2) is 0 Å². The Morgan fingerprint density at radius 2 is 1.76 bits per heavy atom. The first kappa shape index (κ1) is 11.9. The zero-order valence-electron chi connectivity index (χ0n) is 10.3. The molecule has 0 aliphatic heterocycles. The molecule has 2 heteroatoms. The van der Waals surface area contributed by atoms with Crippen molar-refractivity contribution >= 4 is 0 Å². The van der Waals surface area contributed by atoms with E-state index in [0.29, 0.717) is 19.1 Å². The maximum absolute atomic E-state index is 5.64. The first-order valence-corrected chi connectivity index (χ1v) is 5.94. The van der Waals surface area contributed by atoms with E-state index in [1.54, 1.807) is 6.26 Å². The highest BCUT2D eigenvalue weighted by molar-refractivity contribution is 5.15. The van der Waals surface area contributed by atoms with Gasteiger partial charge in [0.2, 0.25) is 0 Å². The Bertz CT molecular complexity index is 443. The molecule has 2 aromatic rings. The summed E-state index contributed by atoms with van der Waals surface area (Å²) >= 11 is 0. The highest BCUT2D eigenvalue weighted by atomic mass is 16.5. The quantitative estimate of drug-likeness (QED) is 0.771. The molecular formula is C15H18O2. The van der Waals surface area contributed by atoms with Crippen LogP contribution in [0.4, 0.5) is 0 Å². The fourth-order valence-corrected chi connectivity index (χ4v) is 1.63.